The summed E-state index contributed by atoms with van der Waals surface area (Å²) in [6.07, 6.45) is 1.25. The van der Waals surface area contributed by atoms with Crippen LogP contribution in [0.15, 0.2) is 82.7 Å². The first-order valence-electron chi connectivity index (χ1n) is 11.7. The minimum absolute atomic E-state index is 0.0636. The Morgan fingerprint density at radius 2 is 1.69 bits per heavy atom. The number of fused-ring (bicyclic) bond motifs is 1. The summed E-state index contributed by atoms with van der Waals surface area (Å²) in [6, 6.07) is 15.3. The highest BCUT2D eigenvalue weighted by molar-refractivity contribution is 7.92. The molecule has 11 heteroatoms. The quantitative estimate of drug-likeness (QED) is 0.315. The van der Waals surface area contributed by atoms with Gasteiger partial charge in [0.15, 0.2) is 0 Å². The van der Waals surface area contributed by atoms with E-state index in [1.165, 1.54) is 66.5 Å². The number of anilines is 1. The van der Waals surface area contributed by atoms with Crippen molar-refractivity contribution in [3.05, 3.63) is 106 Å². The van der Waals surface area contributed by atoms with Crippen LogP contribution in [0.25, 0.3) is 27.7 Å². The zero-order valence-corrected chi connectivity index (χ0v) is 21.9. The molecule has 1 N–H and O–H groups in total. The molecule has 8 nitrogen and oxygen atoms in total. The maximum atomic E-state index is 15.4. The molecule has 0 aliphatic heterocycles. The fourth-order valence-electron chi connectivity index (χ4n) is 4.21. The minimum atomic E-state index is -4.01. The highest BCUT2D eigenvalue weighted by Gasteiger charge is 2.20. The number of pyridine rings is 1. The monoisotopic (exact) mass is 548 g/mol. The van der Waals surface area contributed by atoms with Crippen molar-refractivity contribution < 1.29 is 21.9 Å². The molecule has 0 aliphatic carbocycles. The summed E-state index contributed by atoms with van der Waals surface area (Å²) in [7, 11) is -2.64. The third kappa shape index (κ3) is 4.96. The van der Waals surface area contributed by atoms with Gasteiger partial charge in [0.05, 0.1) is 23.2 Å². The van der Waals surface area contributed by atoms with Gasteiger partial charge in [-0.1, -0.05) is 12.1 Å². The Bertz CT molecular complexity index is 1920. The molecule has 2 aromatic heterocycles. The molecule has 198 valence electrons. The Hall–Kier alpha value is -4.64. The van der Waals surface area contributed by atoms with E-state index in [2.05, 4.69) is 14.7 Å². The maximum Gasteiger partial charge on any atom is 0.263 e. The van der Waals surface area contributed by atoms with Crippen LogP contribution in [0.5, 0.6) is 5.75 Å². The molecule has 5 aromatic rings. The molecule has 0 spiro atoms. The molecule has 3 aromatic carbocycles. The third-order valence-corrected chi connectivity index (χ3v) is 7.56. The van der Waals surface area contributed by atoms with E-state index >= 15 is 4.39 Å². The topological polar surface area (TPSA) is 103 Å². The van der Waals surface area contributed by atoms with Gasteiger partial charge in [-0.25, -0.2) is 27.2 Å². The van der Waals surface area contributed by atoms with Crippen LogP contribution in [0.1, 0.15) is 11.3 Å². The van der Waals surface area contributed by atoms with Crippen LogP contribution < -0.4 is 15.0 Å². The first-order valence-corrected chi connectivity index (χ1v) is 13.2. The SMILES string of the molecule is COc1cc(-c2ccc(C)c(F)c2)c(F)cc1-n1c(=O)ccc2cc(S(=O)(=O)Nc3cc(C)ncn3)ccc21. The van der Waals surface area contributed by atoms with E-state index in [-0.39, 0.29) is 27.7 Å². The summed E-state index contributed by atoms with van der Waals surface area (Å²) < 4.78 is 64.7. The van der Waals surface area contributed by atoms with Gasteiger partial charge in [0.1, 0.15) is 29.5 Å². The third-order valence-electron chi connectivity index (χ3n) is 6.21. The molecule has 0 saturated heterocycles. The van der Waals surface area contributed by atoms with Crippen LogP contribution in [0.3, 0.4) is 0 Å². The van der Waals surface area contributed by atoms with Gasteiger partial charge in [0.25, 0.3) is 15.6 Å². The Balaban J connectivity index is 1.62. The van der Waals surface area contributed by atoms with Crippen LogP contribution in [0, 0.1) is 25.5 Å². The normalized spacial score (nSPS) is 11.5. The lowest BCUT2D eigenvalue weighted by Gasteiger charge is -2.17. The summed E-state index contributed by atoms with van der Waals surface area (Å²) in [6.45, 7) is 3.31. The number of ether oxygens (including phenoxy) is 1. The number of aryl methyl sites for hydroxylation is 2. The predicted molar refractivity (Wildman–Crippen MR) is 144 cm³/mol. The molecule has 0 fully saturated rings. The number of rotatable bonds is 6. The number of methoxy groups -OCH3 is 1. The number of nitrogens with one attached hydrogen (secondary N) is 1. The van der Waals surface area contributed by atoms with Gasteiger partial charge in [-0.15, -0.1) is 0 Å². The van der Waals surface area contributed by atoms with E-state index in [0.29, 0.717) is 27.7 Å². The molecule has 0 atom stereocenters. The number of aromatic nitrogens is 3. The Kier molecular flexibility index (Phi) is 6.61. The fraction of sp³-hybridized carbons (Fsp3) is 0.107. The van der Waals surface area contributed by atoms with Crippen LogP contribution in [-0.4, -0.2) is 30.1 Å². The molecule has 0 bridgehead atoms. The lowest BCUT2D eigenvalue weighted by atomic mass is 10.0. The molecule has 0 amide bonds. The second-order valence-corrected chi connectivity index (χ2v) is 10.5. The Morgan fingerprint density at radius 1 is 0.897 bits per heavy atom. The Morgan fingerprint density at radius 3 is 2.41 bits per heavy atom. The minimum Gasteiger partial charge on any atom is -0.495 e. The van der Waals surface area contributed by atoms with E-state index in [0.717, 1.165) is 6.07 Å². The molecule has 0 unspecified atom stereocenters. The first-order chi connectivity index (χ1) is 18.6. The van der Waals surface area contributed by atoms with Crippen LogP contribution in [-0.2, 0) is 10.0 Å². The standard InChI is InChI=1S/C28H22F2N4O4S/c1-16-4-5-18(12-22(16)29)21-13-26(38-3)25(14-23(21)30)34-24-8-7-20(11-19(24)6-9-28(34)35)39(36,37)33-27-10-17(2)31-15-32-27/h4-15H,1-3H3,(H,31,32,33). The van der Waals surface area contributed by atoms with E-state index in [9.17, 15) is 17.6 Å². The van der Waals surface area contributed by atoms with Gasteiger partial charge >= 0.3 is 0 Å². The first kappa shape index (κ1) is 26.0. The summed E-state index contributed by atoms with van der Waals surface area (Å²) in [5.74, 6) is -0.891. The maximum absolute atomic E-state index is 15.4. The predicted octanol–water partition coefficient (Wildman–Crippen LogP) is 5.15. The summed E-state index contributed by atoms with van der Waals surface area (Å²) in [4.78, 5) is 20.8. The van der Waals surface area contributed by atoms with Crippen molar-refractivity contribution in [1.29, 1.82) is 0 Å². The van der Waals surface area contributed by atoms with Crippen LogP contribution >= 0.6 is 0 Å². The summed E-state index contributed by atoms with van der Waals surface area (Å²) in [5, 5.41) is 0.406. The zero-order valence-electron chi connectivity index (χ0n) is 21.1. The van der Waals surface area contributed by atoms with Gasteiger partial charge < -0.3 is 4.74 Å². The van der Waals surface area contributed by atoms with Crippen LogP contribution in [0.2, 0.25) is 0 Å². The second-order valence-electron chi connectivity index (χ2n) is 8.85. The fourth-order valence-corrected chi connectivity index (χ4v) is 5.24. The van der Waals surface area contributed by atoms with Crippen molar-refractivity contribution in [1.82, 2.24) is 14.5 Å². The van der Waals surface area contributed by atoms with E-state index < -0.39 is 27.2 Å². The lowest BCUT2D eigenvalue weighted by molar-refractivity contribution is 0.412. The number of benzene rings is 3. The number of hydrogen-bond acceptors (Lipinski definition) is 6. The van der Waals surface area contributed by atoms with Crippen molar-refractivity contribution >= 4 is 26.7 Å². The van der Waals surface area contributed by atoms with E-state index in [4.69, 9.17) is 4.74 Å². The average molecular weight is 549 g/mol. The van der Waals surface area contributed by atoms with Crippen molar-refractivity contribution in [2.45, 2.75) is 18.7 Å². The summed E-state index contributed by atoms with van der Waals surface area (Å²) in [5.41, 5.74) is 1.37. The second kappa shape index (κ2) is 9.91. The summed E-state index contributed by atoms with van der Waals surface area (Å²) >= 11 is 0. The van der Waals surface area contributed by atoms with Gasteiger partial charge in [0, 0.05) is 34.8 Å². The number of sulfonamides is 1. The largest absolute Gasteiger partial charge is 0.495 e. The van der Waals surface area contributed by atoms with Crippen molar-refractivity contribution in [3.63, 3.8) is 0 Å². The van der Waals surface area contributed by atoms with Gasteiger partial charge in [-0.2, -0.15) is 0 Å². The lowest BCUT2D eigenvalue weighted by Crippen LogP contribution is -2.19. The Labute approximate surface area is 222 Å². The van der Waals surface area contributed by atoms with E-state index in [1.54, 1.807) is 26.0 Å². The smallest absolute Gasteiger partial charge is 0.263 e. The molecule has 39 heavy (non-hydrogen) atoms. The van der Waals surface area contributed by atoms with Gasteiger partial charge in [-0.3, -0.25) is 14.1 Å². The number of hydrogen-bond donors (Lipinski definition) is 1. The zero-order chi connectivity index (χ0) is 27.9. The highest BCUT2D eigenvalue weighted by Crippen LogP contribution is 2.34. The molecule has 0 radical (unpaired) electrons. The molecule has 5 rings (SSSR count). The van der Waals surface area contributed by atoms with Crippen molar-refractivity contribution in [2.24, 2.45) is 0 Å². The number of halogens is 2. The molecule has 0 aliphatic rings. The average Bonchev–Trinajstić information content (AvgIpc) is 2.89. The number of nitrogens with zero attached hydrogens (tertiary/aromatic N) is 3. The van der Waals surface area contributed by atoms with Gasteiger partial charge in [0.2, 0.25) is 0 Å². The molecule has 2 heterocycles. The van der Waals surface area contributed by atoms with Gasteiger partial charge in [-0.05, 0) is 61.4 Å². The van der Waals surface area contributed by atoms with E-state index in [1.807, 2.05) is 0 Å². The highest BCUT2D eigenvalue weighted by atomic mass is 32.2. The molecular formula is C28H22F2N4O4S. The molecule has 0 saturated carbocycles. The van der Waals surface area contributed by atoms with Crippen molar-refractivity contribution in [3.8, 4) is 22.6 Å². The molecular weight excluding hydrogens is 526 g/mol. The van der Waals surface area contributed by atoms with Crippen molar-refractivity contribution in [2.75, 3.05) is 11.8 Å². The van der Waals surface area contributed by atoms with Crippen LogP contribution in [0.4, 0.5) is 14.6 Å².